The zero-order chi connectivity index (χ0) is 6.85. The second-order valence-electron chi connectivity index (χ2n) is 1.89. The molecular weight excluding hydrogens is 118 g/mol. The fourth-order valence-electron chi connectivity index (χ4n) is 0.631. The summed E-state index contributed by atoms with van der Waals surface area (Å²) in [5.74, 6) is 0.278. The van der Waals surface area contributed by atoms with Gasteiger partial charge in [-0.1, -0.05) is 5.16 Å². The first kappa shape index (κ1) is 6.01. The number of ketones is 1. The Labute approximate surface area is 52.7 Å². The third-order valence-electron chi connectivity index (χ3n) is 1.07. The van der Waals surface area contributed by atoms with Gasteiger partial charge >= 0.3 is 0 Å². The monoisotopic (exact) mass is 125 g/mol. The fraction of sp³-hybridized carbons (Fsp3) is 0.333. The second kappa shape index (κ2) is 2.01. The van der Waals surface area contributed by atoms with Crippen molar-refractivity contribution in [3.8, 4) is 0 Å². The first-order chi connectivity index (χ1) is 4.22. The van der Waals surface area contributed by atoms with E-state index in [1.54, 1.807) is 6.92 Å². The van der Waals surface area contributed by atoms with Crippen LogP contribution >= 0.6 is 0 Å². The topological polar surface area (TPSA) is 43.1 Å². The van der Waals surface area contributed by atoms with Gasteiger partial charge in [-0.2, -0.15) is 0 Å². The average Bonchev–Trinajstić information content (AvgIpc) is 2.13. The molecule has 0 saturated heterocycles. The molecule has 0 radical (unpaired) electrons. The van der Waals surface area contributed by atoms with Crippen molar-refractivity contribution >= 4 is 5.78 Å². The van der Waals surface area contributed by atoms with E-state index in [0.29, 0.717) is 5.76 Å². The maximum absolute atomic E-state index is 10.6. The third kappa shape index (κ3) is 0.988. The Morgan fingerprint density at radius 2 is 2.44 bits per heavy atom. The zero-order valence-corrected chi connectivity index (χ0v) is 5.34. The number of hydrogen-bond donors (Lipinski definition) is 0. The van der Waals surface area contributed by atoms with E-state index < -0.39 is 0 Å². The van der Waals surface area contributed by atoms with Crippen LogP contribution in [0.15, 0.2) is 10.7 Å². The standard InChI is InChI=1S/C6H7NO2/c1-4-3-7-9-6(4)5(2)8/h3H,1-2H3. The van der Waals surface area contributed by atoms with Crippen LogP contribution in [0, 0.1) is 6.92 Å². The maximum Gasteiger partial charge on any atom is 0.205 e. The number of Topliss-reactive ketones (excluding diaryl/α,β-unsaturated/α-hetero) is 1. The molecule has 9 heavy (non-hydrogen) atoms. The Kier molecular flexibility index (Phi) is 1.34. The van der Waals surface area contributed by atoms with Gasteiger partial charge in [0.1, 0.15) is 0 Å². The van der Waals surface area contributed by atoms with E-state index in [1.807, 2.05) is 0 Å². The van der Waals surface area contributed by atoms with Crippen molar-refractivity contribution in [1.82, 2.24) is 5.16 Å². The van der Waals surface area contributed by atoms with Crippen molar-refractivity contribution in [3.05, 3.63) is 17.5 Å². The Bertz CT molecular complexity index is 227. The van der Waals surface area contributed by atoms with Crippen molar-refractivity contribution in [2.45, 2.75) is 13.8 Å². The van der Waals surface area contributed by atoms with Gasteiger partial charge in [0.2, 0.25) is 5.76 Å². The largest absolute Gasteiger partial charge is 0.353 e. The molecule has 0 unspecified atom stereocenters. The molecule has 0 spiro atoms. The highest BCUT2D eigenvalue weighted by Crippen LogP contribution is 2.05. The van der Waals surface area contributed by atoms with Gasteiger partial charge in [-0.3, -0.25) is 4.79 Å². The summed E-state index contributed by atoms with van der Waals surface area (Å²) in [6.45, 7) is 3.24. The summed E-state index contributed by atoms with van der Waals surface area (Å²) in [5, 5.41) is 3.45. The van der Waals surface area contributed by atoms with E-state index >= 15 is 0 Å². The van der Waals surface area contributed by atoms with Gasteiger partial charge in [-0.25, -0.2) is 0 Å². The summed E-state index contributed by atoms with van der Waals surface area (Å²) < 4.78 is 4.63. The summed E-state index contributed by atoms with van der Waals surface area (Å²) in [6, 6.07) is 0. The Hall–Kier alpha value is -1.12. The minimum Gasteiger partial charge on any atom is -0.353 e. The van der Waals surface area contributed by atoms with Crippen LogP contribution in [0.2, 0.25) is 0 Å². The van der Waals surface area contributed by atoms with Gasteiger partial charge in [0, 0.05) is 12.5 Å². The molecule has 1 heterocycles. The van der Waals surface area contributed by atoms with E-state index in [4.69, 9.17) is 0 Å². The SMILES string of the molecule is CC(=O)c1oncc1C. The Morgan fingerprint density at radius 1 is 1.78 bits per heavy atom. The van der Waals surface area contributed by atoms with Crippen LogP contribution in [-0.2, 0) is 0 Å². The highest BCUT2D eigenvalue weighted by molar-refractivity contribution is 5.92. The van der Waals surface area contributed by atoms with Crippen LogP contribution in [0.25, 0.3) is 0 Å². The molecule has 1 aromatic heterocycles. The maximum atomic E-state index is 10.6. The number of nitrogens with zero attached hydrogens (tertiary/aromatic N) is 1. The molecule has 0 bridgehead atoms. The van der Waals surface area contributed by atoms with Crippen LogP contribution in [0.5, 0.6) is 0 Å². The molecule has 48 valence electrons. The first-order valence-corrected chi connectivity index (χ1v) is 2.64. The van der Waals surface area contributed by atoms with Gasteiger partial charge in [-0.05, 0) is 6.92 Å². The van der Waals surface area contributed by atoms with Crippen LogP contribution in [-0.4, -0.2) is 10.9 Å². The molecular formula is C6H7NO2. The minimum atomic E-state index is -0.0787. The summed E-state index contributed by atoms with van der Waals surface area (Å²) in [5.41, 5.74) is 0.794. The molecule has 1 aromatic rings. The summed E-state index contributed by atoms with van der Waals surface area (Å²) in [6.07, 6.45) is 1.52. The Morgan fingerprint density at radius 3 is 2.67 bits per heavy atom. The highest BCUT2D eigenvalue weighted by Gasteiger charge is 2.06. The van der Waals surface area contributed by atoms with Crippen molar-refractivity contribution in [2.24, 2.45) is 0 Å². The number of carbonyl (C=O) groups is 1. The van der Waals surface area contributed by atoms with Crippen molar-refractivity contribution in [3.63, 3.8) is 0 Å². The summed E-state index contributed by atoms with van der Waals surface area (Å²) in [4.78, 5) is 10.6. The first-order valence-electron chi connectivity index (χ1n) is 2.64. The number of rotatable bonds is 1. The molecule has 0 atom stereocenters. The van der Waals surface area contributed by atoms with Gasteiger partial charge in [-0.15, -0.1) is 0 Å². The fourth-order valence-corrected chi connectivity index (χ4v) is 0.631. The van der Waals surface area contributed by atoms with Gasteiger partial charge < -0.3 is 4.52 Å². The molecule has 0 aliphatic heterocycles. The van der Waals surface area contributed by atoms with Crippen LogP contribution in [0.1, 0.15) is 23.0 Å². The molecule has 3 heteroatoms. The molecule has 0 saturated carbocycles. The number of aromatic nitrogens is 1. The lowest BCUT2D eigenvalue weighted by molar-refractivity contribution is 0.0977. The van der Waals surface area contributed by atoms with E-state index in [0.717, 1.165) is 5.56 Å². The van der Waals surface area contributed by atoms with Crippen LogP contribution < -0.4 is 0 Å². The molecule has 0 N–H and O–H groups in total. The van der Waals surface area contributed by atoms with E-state index in [9.17, 15) is 4.79 Å². The lowest BCUT2D eigenvalue weighted by Crippen LogP contribution is -1.89. The number of aryl methyl sites for hydroxylation is 1. The van der Waals surface area contributed by atoms with E-state index in [2.05, 4.69) is 9.68 Å². The molecule has 3 nitrogen and oxygen atoms in total. The second-order valence-corrected chi connectivity index (χ2v) is 1.89. The van der Waals surface area contributed by atoms with Gasteiger partial charge in [0.15, 0.2) is 5.78 Å². The van der Waals surface area contributed by atoms with E-state index in [1.165, 1.54) is 13.1 Å². The minimum absolute atomic E-state index is 0.0787. The highest BCUT2D eigenvalue weighted by atomic mass is 16.5. The zero-order valence-electron chi connectivity index (χ0n) is 5.34. The number of carbonyl (C=O) groups excluding carboxylic acids is 1. The van der Waals surface area contributed by atoms with Crippen LogP contribution in [0.3, 0.4) is 0 Å². The van der Waals surface area contributed by atoms with Crippen LogP contribution in [0.4, 0.5) is 0 Å². The smallest absolute Gasteiger partial charge is 0.205 e. The van der Waals surface area contributed by atoms with Crippen molar-refractivity contribution in [2.75, 3.05) is 0 Å². The Balaban J connectivity index is 3.08. The quantitative estimate of drug-likeness (QED) is 0.529. The van der Waals surface area contributed by atoms with Gasteiger partial charge in [0.05, 0.1) is 6.20 Å². The predicted molar refractivity (Wildman–Crippen MR) is 31.2 cm³/mol. The average molecular weight is 125 g/mol. The van der Waals surface area contributed by atoms with E-state index in [-0.39, 0.29) is 5.78 Å². The lowest BCUT2D eigenvalue weighted by Gasteiger charge is -1.83. The summed E-state index contributed by atoms with van der Waals surface area (Å²) >= 11 is 0. The molecule has 0 aliphatic rings. The molecule has 1 rings (SSSR count). The summed E-state index contributed by atoms with van der Waals surface area (Å²) in [7, 11) is 0. The molecule has 0 amide bonds. The molecule has 0 aromatic carbocycles. The number of hydrogen-bond acceptors (Lipinski definition) is 3. The molecule has 0 aliphatic carbocycles. The van der Waals surface area contributed by atoms with Crippen molar-refractivity contribution < 1.29 is 9.32 Å². The van der Waals surface area contributed by atoms with Crippen molar-refractivity contribution in [1.29, 1.82) is 0 Å². The predicted octanol–water partition coefficient (Wildman–Crippen LogP) is 1.19. The normalized spacial score (nSPS) is 9.56. The third-order valence-corrected chi connectivity index (χ3v) is 1.07. The lowest BCUT2D eigenvalue weighted by atomic mass is 10.2. The molecule has 0 fully saturated rings. The van der Waals surface area contributed by atoms with Gasteiger partial charge in [0.25, 0.3) is 0 Å².